The number of amides is 1. The van der Waals surface area contributed by atoms with Crippen molar-refractivity contribution in [3.63, 3.8) is 0 Å². The highest BCUT2D eigenvalue weighted by molar-refractivity contribution is 5.90. The predicted molar refractivity (Wildman–Crippen MR) is 80.1 cm³/mol. The Bertz CT molecular complexity index is 472. The van der Waals surface area contributed by atoms with E-state index in [1.54, 1.807) is 18.9 Å². The lowest BCUT2D eigenvalue weighted by molar-refractivity contribution is -0.116. The Kier molecular flexibility index (Phi) is 3.45. The zero-order valence-electron chi connectivity index (χ0n) is 12.4. The van der Waals surface area contributed by atoms with Crippen molar-refractivity contribution in [1.29, 1.82) is 0 Å². The summed E-state index contributed by atoms with van der Waals surface area (Å²) in [5, 5.41) is 0. The van der Waals surface area contributed by atoms with Crippen LogP contribution in [0.3, 0.4) is 0 Å². The molecule has 1 aromatic rings. The molecule has 3 aliphatic rings. The van der Waals surface area contributed by atoms with E-state index in [1.807, 2.05) is 24.3 Å². The first-order valence-electron chi connectivity index (χ1n) is 7.61. The number of nitrogens with zero attached hydrogens (tertiary/aromatic N) is 1. The van der Waals surface area contributed by atoms with Crippen LogP contribution in [0, 0.1) is 5.92 Å². The number of benzene rings is 1. The standard InChI is InChI=1S/C17H23NO2/c1-13(19)18(2)15-3-5-16(6-4-15)20-17-10-7-14(8-11-17)9-12-17/h3-6,14H,7-12H2,1-2H3. The third-order valence-corrected chi connectivity index (χ3v) is 5.06. The lowest BCUT2D eigenvalue weighted by Gasteiger charge is -2.46. The number of anilines is 1. The number of hydrogen-bond donors (Lipinski definition) is 0. The van der Waals surface area contributed by atoms with Crippen LogP contribution in [-0.2, 0) is 4.79 Å². The fourth-order valence-electron chi connectivity index (χ4n) is 3.53. The summed E-state index contributed by atoms with van der Waals surface area (Å²) in [4.78, 5) is 13.0. The van der Waals surface area contributed by atoms with Crippen LogP contribution in [0.25, 0.3) is 0 Å². The minimum atomic E-state index is 0.0443. The zero-order chi connectivity index (χ0) is 14.2. The van der Waals surface area contributed by atoms with Crippen LogP contribution < -0.4 is 9.64 Å². The van der Waals surface area contributed by atoms with Gasteiger partial charge in [-0.15, -0.1) is 0 Å². The smallest absolute Gasteiger partial charge is 0.223 e. The van der Waals surface area contributed by atoms with Crippen LogP contribution in [0.15, 0.2) is 24.3 Å². The van der Waals surface area contributed by atoms with E-state index in [9.17, 15) is 4.79 Å². The molecule has 3 saturated carbocycles. The van der Waals surface area contributed by atoms with Crippen LogP contribution >= 0.6 is 0 Å². The SMILES string of the molecule is CC(=O)N(C)c1ccc(OC23CCC(CC2)CC3)cc1. The van der Waals surface area contributed by atoms with Gasteiger partial charge in [-0.05, 0) is 68.7 Å². The first-order chi connectivity index (χ1) is 9.58. The van der Waals surface area contributed by atoms with E-state index < -0.39 is 0 Å². The molecule has 20 heavy (non-hydrogen) atoms. The number of hydrogen-bond acceptors (Lipinski definition) is 2. The number of carbonyl (C=O) groups excluding carboxylic acids is 1. The highest BCUT2D eigenvalue weighted by Crippen LogP contribution is 2.46. The molecule has 2 bridgehead atoms. The third-order valence-electron chi connectivity index (χ3n) is 5.06. The Labute approximate surface area is 120 Å². The summed E-state index contributed by atoms with van der Waals surface area (Å²) in [6.45, 7) is 1.57. The summed E-state index contributed by atoms with van der Waals surface area (Å²) < 4.78 is 6.32. The quantitative estimate of drug-likeness (QED) is 0.839. The molecule has 0 spiro atoms. The van der Waals surface area contributed by atoms with Crippen LogP contribution in [-0.4, -0.2) is 18.6 Å². The maximum Gasteiger partial charge on any atom is 0.223 e. The van der Waals surface area contributed by atoms with Gasteiger partial charge in [-0.25, -0.2) is 0 Å². The average Bonchev–Trinajstić information content (AvgIpc) is 2.48. The first kappa shape index (κ1) is 13.5. The Hall–Kier alpha value is -1.51. The number of ether oxygens (including phenoxy) is 1. The van der Waals surface area contributed by atoms with Crippen LogP contribution in [0.1, 0.15) is 45.4 Å². The maximum absolute atomic E-state index is 11.3. The van der Waals surface area contributed by atoms with E-state index in [-0.39, 0.29) is 11.5 Å². The summed E-state index contributed by atoms with van der Waals surface area (Å²) >= 11 is 0. The number of carbonyl (C=O) groups is 1. The van der Waals surface area contributed by atoms with Crippen molar-refractivity contribution in [1.82, 2.24) is 0 Å². The predicted octanol–water partition coefficient (Wildman–Crippen LogP) is 3.77. The van der Waals surface area contributed by atoms with Crippen molar-refractivity contribution in [2.24, 2.45) is 5.92 Å². The summed E-state index contributed by atoms with van der Waals surface area (Å²) in [6, 6.07) is 7.90. The van der Waals surface area contributed by atoms with Crippen molar-refractivity contribution >= 4 is 11.6 Å². The first-order valence-corrected chi connectivity index (χ1v) is 7.61. The normalized spacial score (nSPS) is 28.2. The molecule has 108 valence electrons. The monoisotopic (exact) mass is 273 g/mol. The van der Waals surface area contributed by atoms with Crippen molar-refractivity contribution in [2.75, 3.05) is 11.9 Å². The second-order valence-electron chi connectivity index (χ2n) is 6.34. The summed E-state index contributed by atoms with van der Waals surface area (Å²) in [5.41, 5.74) is 0.998. The minimum Gasteiger partial charge on any atom is -0.487 e. The molecule has 3 nitrogen and oxygen atoms in total. The summed E-state index contributed by atoms with van der Waals surface area (Å²) in [7, 11) is 1.79. The third kappa shape index (κ3) is 2.54. The molecule has 3 aliphatic carbocycles. The van der Waals surface area contributed by atoms with Crippen molar-refractivity contribution < 1.29 is 9.53 Å². The van der Waals surface area contributed by atoms with E-state index in [2.05, 4.69) is 0 Å². The minimum absolute atomic E-state index is 0.0443. The average molecular weight is 273 g/mol. The van der Waals surface area contributed by atoms with Crippen LogP contribution in [0.4, 0.5) is 5.69 Å². The van der Waals surface area contributed by atoms with Gasteiger partial charge in [0.15, 0.2) is 0 Å². The topological polar surface area (TPSA) is 29.5 Å². The van der Waals surface area contributed by atoms with Crippen LogP contribution in [0.2, 0.25) is 0 Å². The van der Waals surface area contributed by atoms with Gasteiger partial charge >= 0.3 is 0 Å². The van der Waals surface area contributed by atoms with Gasteiger partial charge in [-0.3, -0.25) is 4.79 Å². The second-order valence-corrected chi connectivity index (χ2v) is 6.34. The largest absolute Gasteiger partial charge is 0.487 e. The van der Waals surface area contributed by atoms with Gasteiger partial charge in [0.05, 0.1) is 0 Å². The molecule has 0 saturated heterocycles. The Morgan fingerprint density at radius 3 is 2.20 bits per heavy atom. The lowest BCUT2D eigenvalue weighted by atomic mass is 9.68. The molecule has 0 atom stereocenters. The summed E-state index contributed by atoms with van der Waals surface area (Å²) in [6.07, 6.45) is 7.58. The van der Waals surface area contributed by atoms with E-state index in [4.69, 9.17) is 4.74 Å². The molecule has 0 unspecified atom stereocenters. The van der Waals surface area contributed by atoms with E-state index in [0.717, 1.165) is 17.4 Å². The second kappa shape index (κ2) is 5.12. The van der Waals surface area contributed by atoms with Gasteiger partial charge in [-0.2, -0.15) is 0 Å². The maximum atomic E-state index is 11.3. The van der Waals surface area contributed by atoms with Gasteiger partial charge in [-0.1, -0.05) is 0 Å². The highest BCUT2D eigenvalue weighted by Gasteiger charge is 2.42. The fourth-order valence-corrected chi connectivity index (χ4v) is 3.53. The highest BCUT2D eigenvalue weighted by atomic mass is 16.5. The van der Waals surface area contributed by atoms with Gasteiger partial charge in [0, 0.05) is 19.7 Å². The van der Waals surface area contributed by atoms with E-state index in [1.165, 1.54) is 38.5 Å². The number of fused-ring (bicyclic) bond motifs is 3. The molecule has 4 rings (SSSR count). The molecule has 0 heterocycles. The molecule has 0 N–H and O–H groups in total. The van der Waals surface area contributed by atoms with Crippen LogP contribution in [0.5, 0.6) is 5.75 Å². The van der Waals surface area contributed by atoms with Crippen molar-refractivity contribution in [2.45, 2.75) is 51.0 Å². The van der Waals surface area contributed by atoms with E-state index in [0.29, 0.717) is 0 Å². The van der Waals surface area contributed by atoms with Gasteiger partial charge in [0.1, 0.15) is 11.4 Å². The van der Waals surface area contributed by atoms with Gasteiger partial charge < -0.3 is 9.64 Å². The Morgan fingerprint density at radius 1 is 1.15 bits per heavy atom. The van der Waals surface area contributed by atoms with Gasteiger partial charge in [0.25, 0.3) is 0 Å². The molecular formula is C17H23NO2. The summed E-state index contributed by atoms with van der Waals surface area (Å²) in [5.74, 6) is 1.93. The molecule has 0 aromatic heterocycles. The zero-order valence-corrected chi connectivity index (χ0v) is 12.4. The molecule has 0 aliphatic heterocycles. The molecule has 1 aromatic carbocycles. The molecule has 3 fully saturated rings. The molecule has 1 amide bonds. The van der Waals surface area contributed by atoms with Crippen molar-refractivity contribution in [3.8, 4) is 5.75 Å². The molecule has 3 heteroatoms. The Balaban J connectivity index is 1.70. The van der Waals surface area contributed by atoms with E-state index >= 15 is 0 Å². The lowest BCUT2D eigenvalue weighted by Crippen LogP contribution is -2.44. The molecule has 0 radical (unpaired) electrons. The number of rotatable bonds is 3. The molecular weight excluding hydrogens is 250 g/mol. The van der Waals surface area contributed by atoms with Crippen molar-refractivity contribution in [3.05, 3.63) is 24.3 Å². The Morgan fingerprint density at radius 2 is 1.70 bits per heavy atom. The van der Waals surface area contributed by atoms with Gasteiger partial charge in [0.2, 0.25) is 5.91 Å². The fraction of sp³-hybridized carbons (Fsp3) is 0.588.